The summed E-state index contributed by atoms with van der Waals surface area (Å²) in [6, 6.07) is 0. The van der Waals surface area contributed by atoms with Crippen molar-refractivity contribution < 1.29 is 53.1 Å². The molecular weight excluding hydrogens is 356 g/mol. The summed E-state index contributed by atoms with van der Waals surface area (Å²) in [7, 11) is 0. The van der Waals surface area contributed by atoms with E-state index < -0.39 is 18.5 Å². The molecule has 0 heterocycles. The lowest BCUT2D eigenvalue weighted by molar-refractivity contribution is -0.143. The maximum absolute atomic E-state index is 10.3. The molecule has 0 saturated heterocycles. The van der Waals surface area contributed by atoms with Crippen molar-refractivity contribution in [1.29, 1.82) is 0 Å². The zero-order valence-corrected chi connectivity index (χ0v) is 15.5. The molecule has 0 amide bonds. The lowest BCUT2D eigenvalue weighted by Crippen LogP contribution is -2.10. The molecule has 0 aromatic heterocycles. The molecule has 0 bridgehead atoms. The minimum absolute atomic E-state index is 0.105. The molecule has 0 aromatic carbocycles. The molecule has 154 valence electrons. The molecule has 0 spiro atoms. The highest BCUT2D eigenvalue weighted by Gasteiger charge is 1.98. The van der Waals surface area contributed by atoms with Crippen LogP contribution >= 0.6 is 0 Å². The van der Waals surface area contributed by atoms with E-state index in [4.69, 9.17) is 14.9 Å². The molecule has 0 aromatic rings. The van der Waals surface area contributed by atoms with Crippen molar-refractivity contribution in [3.63, 3.8) is 0 Å². The average Bonchev–Trinajstić information content (AvgIpc) is 2.58. The number of hydrogen-bond acceptors (Lipinski definition) is 9. The highest BCUT2D eigenvalue weighted by atomic mass is 16.7. The molecule has 11 heteroatoms. The minimum atomic E-state index is -1.45. The Morgan fingerprint density at radius 2 is 1.08 bits per heavy atom. The molecule has 0 atom stereocenters. The molecule has 2 N–H and O–H groups in total. The van der Waals surface area contributed by atoms with Crippen LogP contribution in [-0.2, 0) is 28.5 Å². The standard InChI is InChI=1S/C6H12O2.C5H10O3.C4H6O6/c1-3-5-8-6(7)4-2;1-3-7-5(6)8-4-2;5-3(6)9-1-2-10-4(7)8/h3-5H2,1-2H3;3-4H2,1-2H3;1-2H2,(H,5,6)(H,7,8). The van der Waals surface area contributed by atoms with Crippen molar-refractivity contribution >= 4 is 24.4 Å². The van der Waals surface area contributed by atoms with E-state index in [2.05, 4.69) is 18.9 Å². The second-order valence-electron chi connectivity index (χ2n) is 3.92. The predicted molar refractivity (Wildman–Crippen MR) is 88.1 cm³/mol. The van der Waals surface area contributed by atoms with Crippen LogP contribution in [0.1, 0.15) is 40.5 Å². The van der Waals surface area contributed by atoms with Crippen LogP contribution in [0.3, 0.4) is 0 Å². The van der Waals surface area contributed by atoms with Gasteiger partial charge in [0.1, 0.15) is 13.2 Å². The van der Waals surface area contributed by atoms with Crippen LogP contribution in [0.4, 0.5) is 14.4 Å². The number of carbonyl (C=O) groups is 4. The van der Waals surface area contributed by atoms with Gasteiger partial charge in [0.2, 0.25) is 0 Å². The summed E-state index contributed by atoms with van der Waals surface area (Å²) in [6.45, 7) is 7.99. The number of esters is 1. The van der Waals surface area contributed by atoms with Crippen LogP contribution < -0.4 is 0 Å². The van der Waals surface area contributed by atoms with Gasteiger partial charge >= 0.3 is 24.4 Å². The first-order valence-electron chi connectivity index (χ1n) is 7.91. The summed E-state index contributed by atoms with van der Waals surface area (Å²) in [5.41, 5.74) is 0. The third-order valence-electron chi connectivity index (χ3n) is 1.81. The molecule has 0 rings (SSSR count). The zero-order chi connectivity index (χ0) is 20.8. The third kappa shape index (κ3) is 33.0. The van der Waals surface area contributed by atoms with E-state index in [1.165, 1.54) is 0 Å². The normalized spacial score (nSPS) is 8.46. The second kappa shape index (κ2) is 22.3. The number of ether oxygens (including phenoxy) is 5. The fourth-order valence-electron chi connectivity index (χ4n) is 0.853. The largest absolute Gasteiger partial charge is 0.508 e. The molecule has 0 aliphatic rings. The third-order valence-corrected chi connectivity index (χ3v) is 1.81. The Bertz CT molecular complexity index is 358. The van der Waals surface area contributed by atoms with Gasteiger partial charge in [-0.25, -0.2) is 14.4 Å². The van der Waals surface area contributed by atoms with Crippen molar-refractivity contribution in [3.05, 3.63) is 0 Å². The summed E-state index contributed by atoms with van der Waals surface area (Å²) in [6.07, 6.45) is -2.09. The van der Waals surface area contributed by atoms with Crippen LogP contribution in [0, 0.1) is 0 Å². The smallest absolute Gasteiger partial charge is 0.466 e. The topological polar surface area (TPSA) is 155 Å². The van der Waals surface area contributed by atoms with E-state index >= 15 is 0 Å². The summed E-state index contributed by atoms with van der Waals surface area (Å²) in [4.78, 5) is 39.8. The van der Waals surface area contributed by atoms with E-state index in [1.54, 1.807) is 20.8 Å². The van der Waals surface area contributed by atoms with Crippen molar-refractivity contribution in [2.24, 2.45) is 0 Å². The Balaban J connectivity index is -0.000000308. The van der Waals surface area contributed by atoms with Crippen molar-refractivity contribution in [2.45, 2.75) is 40.5 Å². The Kier molecular flexibility index (Phi) is 24.1. The highest BCUT2D eigenvalue weighted by molar-refractivity contribution is 5.68. The van der Waals surface area contributed by atoms with Gasteiger partial charge in [-0.2, -0.15) is 0 Å². The second-order valence-corrected chi connectivity index (χ2v) is 3.92. The number of carboxylic acid groups (broad SMARTS) is 2. The first kappa shape index (κ1) is 28.1. The predicted octanol–water partition coefficient (Wildman–Crippen LogP) is 2.90. The lowest BCUT2D eigenvalue weighted by atomic mass is 10.5. The van der Waals surface area contributed by atoms with Crippen LogP contribution in [0.5, 0.6) is 0 Å². The van der Waals surface area contributed by atoms with Gasteiger partial charge in [-0.05, 0) is 20.3 Å². The number of rotatable bonds is 8. The van der Waals surface area contributed by atoms with Crippen molar-refractivity contribution in [2.75, 3.05) is 33.0 Å². The summed E-state index contributed by atoms with van der Waals surface area (Å²) in [5, 5.41) is 15.7. The summed E-state index contributed by atoms with van der Waals surface area (Å²) < 4.78 is 21.4. The molecule has 26 heavy (non-hydrogen) atoms. The van der Waals surface area contributed by atoms with Gasteiger partial charge in [-0.3, -0.25) is 4.79 Å². The quantitative estimate of drug-likeness (QED) is 0.360. The van der Waals surface area contributed by atoms with Gasteiger partial charge in [0.15, 0.2) is 0 Å². The number of carbonyl (C=O) groups excluding carboxylic acids is 2. The van der Waals surface area contributed by atoms with Gasteiger partial charge in [0.25, 0.3) is 0 Å². The van der Waals surface area contributed by atoms with Crippen LogP contribution in [0.15, 0.2) is 0 Å². The van der Waals surface area contributed by atoms with Gasteiger partial charge in [-0.1, -0.05) is 13.8 Å². The molecule has 11 nitrogen and oxygen atoms in total. The molecule has 0 unspecified atom stereocenters. The summed E-state index contributed by atoms with van der Waals surface area (Å²) >= 11 is 0. The van der Waals surface area contributed by atoms with E-state index in [0.717, 1.165) is 6.42 Å². The summed E-state index contributed by atoms with van der Waals surface area (Å²) in [5.74, 6) is -0.105. The maximum Gasteiger partial charge on any atom is 0.508 e. The van der Waals surface area contributed by atoms with Crippen LogP contribution in [0.2, 0.25) is 0 Å². The molecule has 0 aliphatic carbocycles. The fraction of sp³-hybridized carbons (Fsp3) is 0.733. The first-order chi connectivity index (χ1) is 12.2. The number of hydrogen-bond donors (Lipinski definition) is 2. The lowest BCUT2D eigenvalue weighted by Gasteiger charge is -1.98. The average molecular weight is 384 g/mol. The van der Waals surface area contributed by atoms with Crippen molar-refractivity contribution in [1.82, 2.24) is 0 Å². The van der Waals surface area contributed by atoms with Gasteiger partial charge in [-0.15, -0.1) is 0 Å². The minimum Gasteiger partial charge on any atom is -0.466 e. The van der Waals surface area contributed by atoms with E-state index in [1.807, 2.05) is 6.92 Å². The molecule has 0 saturated carbocycles. The van der Waals surface area contributed by atoms with E-state index in [0.29, 0.717) is 26.2 Å². The molecular formula is C15H28O11. The Morgan fingerprint density at radius 3 is 1.35 bits per heavy atom. The maximum atomic E-state index is 10.3. The van der Waals surface area contributed by atoms with E-state index in [9.17, 15) is 19.2 Å². The SMILES string of the molecule is CCCOC(=O)CC.CCOC(=O)OCC.O=C(O)OCCOC(=O)O. The highest BCUT2D eigenvalue weighted by Crippen LogP contribution is 1.85. The van der Waals surface area contributed by atoms with Crippen molar-refractivity contribution in [3.8, 4) is 0 Å². The Labute approximate surface area is 152 Å². The van der Waals surface area contributed by atoms with Gasteiger partial charge in [0.05, 0.1) is 19.8 Å². The van der Waals surface area contributed by atoms with Gasteiger partial charge in [0, 0.05) is 6.42 Å². The van der Waals surface area contributed by atoms with Gasteiger partial charge < -0.3 is 33.9 Å². The van der Waals surface area contributed by atoms with E-state index in [-0.39, 0.29) is 19.2 Å². The van der Waals surface area contributed by atoms with Crippen LogP contribution in [-0.4, -0.2) is 67.7 Å². The Hall–Kier alpha value is -2.72. The monoisotopic (exact) mass is 384 g/mol. The first-order valence-corrected chi connectivity index (χ1v) is 7.91. The molecule has 0 radical (unpaired) electrons. The molecule has 0 aliphatic heterocycles. The molecule has 0 fully saturated rings. The zero-order valence-electron chi connectivity index (χ0n) is 15.5. The fourth-order valence-corrected chi connectivity index (χ4v) is 0.853. The van der Waals surface area contributed by atoms with Crippen LogP contribution in [0.25, 0.3) is 0 Å². The Morgan fingerprint density at radius 1 is 0.654 bits per heavy atom.